The summed E-state index contributed by atoms with van der Waals surface area (Å²) in [5.41, 5.74) is 0. The van der Waals surface area contributed by atoms with Crippen molar-refractivity contribution in [1.29, 1.82) is 0 Å². The van der Waals surface area contributed by atoms with Crippen LogP contribution in [0.4, 0.5) is 0 Å². The Labute approximate surface area is 127 Å². The van der Waals surface area contributed by atoms with Crippen molar-refractivity contribution in [3.05, 3.63) is 30.3 Å². The molecule has 0 spiro atoms. The highest BCUT2D eigenvalue weighted by Crippen LogP contribution is 2.15. The maximum atomic E-state index is 10.9. The largest absolute Gasteiger partial charge is 0.488 e. The lowest BCUT2D eigenvalue weighted by molar-refractivity contribution is -0.140. The van der Waals surface area contributed by atoms with Gasteiger partial charge in [-0.05, 0) is 31.4 Å². The van der Waals surface area contributed by atoms with Gasteiger partial charge in [0.15, 0.2) is 0 Å². The molecule has 118 valence electrons. The molecule has 0 radical (unpaired) electrons. The van der Waals surface area contributed by atoms with E-state index < -0.39 is 0 Å². The Morgan fingerprint density at radius 1 is 1.10 bits per heavy atom. The Kier molecular flexibility index (Phi) is 9.29. The highest BCUT2D eigenvalue weighted by molar-refractivity contribution is 5.68. The minimum absolute atomic E-state index is 0.0389. The molecule has 4 heteroatoms. The quantitative estimate of drug-likeness (QED) is 0.502. The maximum Gasteiger partial charge on any atom is 0.305 e. The number of hydrogen-bond acceptors (Lipinski definition) is 4. The zero-order valence-electron chi connectivity index (χ0n) is 12.8. The highest BCUT2D eigenvalue weighted by Gasteiger charge is 2.08. The fourth-order valence-electron chi connectivity index (χ4n) is 2.15. The smallest absolute Gasteiger partial charge is 0.305 e. The molecule has 0 saturated heterocycles. The molecular weight excluding hydrogens is 268 g/mol. The molecule has 0 saturated carbocycles. The van der Waals surface area contributed by atoms with Crippen LogP contribution in [0.5, 0.6) is 5.75 Å². The van der Waals surface area contributed by atoms with Crippen LogP contribution in [0.1, 0.15) is 44.9 Å². The van der Waals surface area contributed by atoms with Crippen molar-refractivity contribution in [2.75, 3.05) is 13.7 Å². The van der Waals surface area contributed by atoms with Gasteiger partial charge in [0.2, 0.25) is 0 Å². The lowest BCUT2D eigenvalue weighted by Crippen LogP contribution is -2.20. The fraction of sp³-hybridized carbons (Fsp3) is 0.588. The van der Waals surface area contributed by atoms with E-state index in [-0.39, 0.29) is 18.7 Å². The Hall–Kier alpha value is -1.55. The van der Waals surface area contributed by atoms with Gasteiger partial charge in [0.1, 0.15) is 11.9 Å². The number of aliphatic hydroxyl groups excluding tert-OH is 1. The summed E-state index contributed by atoms with van der Waals surface area (Å²) in [6, 6.07) is 9.58. The predicted molar refractivity (Wildman–Crippen MR) is 82.3 cm³/mol. The molecule has 1 unspecified atom stereocenters. The summed E-state index contributed by atoms with van der Waals surface area (Å²) >= 11 is 0. The summed E-state index contributed by atoms with van der Waals surface area (Å²) in [6.45, 7) is 0.0389. The number of esters is 1. The predicted octanol–water partition coefficient (Wildman–Crippen LogP) is 3.33. The Morgan fingerprint density at radius 3 is 2.43 bits per heavy atom. The summed E-state index contributed by atoms with van der Waals surface area (Å²) in [6.07, 6.45) is 6.36. The maximum absolute atomic E-state index is 10.9. The van der Waals surface area contributed by atoms with Gasteiger partial charge >= 0.3 is 5.97 Å². The van der Waals surface area contributed by atoms with E-state index in [1.807, 2.05) is 30.3 Å². The topological polar surface area (TPSA) is 55.8 Å². The normalized spacial score (nSPS) is 11.9. The molecular formula is C17H26O4. The average Bonchev–Trinajstić information content (AvgIpc) is 2.53. The SMILES string of the molecule is COC(=O)CCCCCCCC(CO)Oc1ccccc1. The van der Waals surface area contributed by atoms with E-state index in [0.717, 1.165) is 44.3 Å². The van der Waals surface area contributed by atoms with E-state index in [1.54, 1.807) is 0 Å². The molecule has 21 heavy (non-hydrogen) atoms. The van der Waals surface area contributed by atoms with Crippen molar-refractivity contribution in [2.45, 2.75) is 51.0 Å². The number of unbranched alkanes of at least 4 members (excludes halogenated alkanes) is 4. The number of ether oxygens (including phenoxy) is 2. The molecule has 0 aliphatic heterocycles. The second-order valence-corrected chi connectivity index (χ2v) is 5.12. The third-order valence-electron chi connectivity index (χ3n) is 3.38. The van der Waals surface area contributed by atoms with Gasteiger partial charge in [0.25, 0.3) is 0 Å². The molecule has 0 heterocycles. The summed E-state index contributed by atoms with van der Waals surface area (Å²) in [7, 11) is 1.42. The van der Waals surface area contributed by atoms with Crippen LogP contribution < -0.4 is 4.74 Å². The summed E-state index contributed by atoms with van der Waals surface area (Å²) < 4.78 is 10.3. The zero-order valence-corrected chi connectivity index (χ0v) is 12.8. The van der Waals surface area contributed by atoms with Crippen molar-refractivity contribution in [1.82, 2.24) is 0 Å². The first-order valence-electron chi connectivity index (χ1n) is 7.65. The number of para-hydroxylation sites is 1. The van der Waals surface area contributed by atoms with Crippen LogP contribution >= 0.6 is 0 Å². The average molecular weight is 294 g/mol. The Bertz CT molecular complexity index is 378. The minimum atomic E-state index is -0.137. The standard InChI is InChI=1S/C17H26O4/c1-20-17(19)13-9-4-2-3-6-12-16(14-18)21-15-10-7-5-8-11-15/h5,7-8,10-11,16,18H,2-4,6,9,12-14H2,1H3. The molecule has 0 aromatic heterocycles. The lowest BCUT2D eigenvalue weighted by Gasteiger charge is -2.16. The molecule has 1 atom stereocenters. The number of methoxy groups -OCH3 is 1. The van der Waals surface area contributed by atoms with E-state index in [2.05, 4.69) is 4.74 Å². The van der Waals surface area contributed by atoms with E-state index in [1.165, 1.54) is 7.11 Å². The van der Waals surface area contributed by atoms with Crippen LogP contribution in [0.3, 0.4) is 0 Å². The molecule has 0 aliphatic rings. The van der Waals surface area contributed by atoms with Crippen LogP contribution in [-0.2, 0) is 9.53 Å². The van der Waals surface area contributed by atoms with Gasteiger partial charge < -0.3 is 14.6 Å². The van der Waals surface area contributed by atoms with Crippen molar-refractivity contribution >= 4 is 5.97 Å². The van der Waals surface area contributed by atoms with Crippen LogP contribution in [-0.4, -0.2) is 30.9 Å². The van der Waals surface area contributed by atoms with Gasteiger partial charge in [-0.2, -0.15) is 0 Å². The molecule has 1 aromatic carbocycles. The van der Waals surface area contributed by atoms with Crippen molar-refractivity contribution in [2.24, 2.45) is 0 Å². The van der Waals surface area contributed by atoms with E-state index in [4.69, 9.17) is 4.74 Å². The minimum Gasteiger partial charge on any atom is -0.488 e. The highest BCUT2D eigenvalue weighted by atomic mass is 16.5. The molecule has 1 N–H and O–H groups in total. The monoisotopic (exact) mass is 294 g/mol. The lowest BCUT2D eigenvalue weighted by atomic mass is 10.1. The Balaban J connectivity index is 2.06. The van der Waals surface area contributed by atoms with Gasteiger partial charge in [0.05, 0.1) is 13.7 Å². The fourth-order valence-corrected chi connectivity index (χ4v) is 2.15. The third-order valence-corrected chi connectivity index (χ3v) is 3.38. The summed E-state index contributed by atoms with van der Waals surface area (Å²) in [5, 5.41) is 9.34. The molecule has 0 aliphatic carbocycles. The number of benzene rings is 1. The van der Waals surface area contributed by atoms with Crippen LogP contribution in [0.25, 0.3) is 0 Å². The second-order valence-electron chi connectivity index (χ2n) is 5.12. The Morgan fingerprint density at radius 2 is 1.76 bits per heavy atom. The second kappa shape index (κ2) is 11.1. The van der Waals surface area contributed by atoms with Gasteiger partial charge in [-0.15, -0.1) is 0 Å². The molecule has 0 fully saturated rings. The molecule has 1 rings (SSSR count). The first-order chi connectivity index (χ1) is 10.3. The van der Waals surface area contributed by atoms with Gasteiger partial charge in [-0.3, -0.25) is 4.79 Å². The van der Waals surface area contributed by atoms with Crippen molar-refractivity contribution in [3.8, 4) is 5.75 Å². The molecule has 4 nitrogen and oxygen atoms in total. The molecule has 1 aromatic rings. The van der Waals surface area contributed by atoms with E-state index in [0.29, 0.717) is 6.42 Å². The first kappa shape index (κ1) is 17.5. The van der Waals surface area contributed by atoms with Crippen LogP contribution in [0.2, 0.25) is 0 Å². The van der Waals surface area contributed by atoms with Gasteiger partial charge in [-0.25, -0.2) is 0 Å². The van der Waals surface area contributed by atoms with Gasteiger partial charge in [-0.1, -0.05) is 37.5 Å². The van der Waals surface area contributed by atoms with Crippen LogP contribution in [0, 0.1) is 0 Å². The first-order valence-corrected chi connectivity index (χ1v) is 7.65. The zero-order chi connectivity index (χ0) is 15.3. The molecule has 0 amide bonds. The number of rotatable bonds is 11. The summed E-state index contributed by atoms with van der Waals surface area (Å²) in [5.74, 6) is 0.668. The van der Waals surface area contributed by atoms with Crippen molar-refractivity contribution in [3.63, 3.8) is 0 Å². The number of hydrogen-bond donors (Lipinski definition) is 1. The number of aliphatic hydroxyl groups is 1. The summed E-state index contributed by atoms with van der Waals surface area (Å²) in [4.78, 5) is 10.9. The van der Waals surface area contributed by atoms with Crippen molar-refractivity contribution < 1.29 is 19.4 Å². The van der Waals surface area contributed by atoms with Crippen LogP contribution in [0.15, 0.2) is 30.3 Å². The van der Waals surface area contributed by atoms with Gasteiger partial charge in [0, 0.05) is 6.42 Å². The van der Waals surface area contributed by atoms with E-state index >= 15 is 0 Å². The molecule has 0 bridgehead atoms. The number of carbonyl (C=O) groups excluding carboxylic acids is 1. The number of carbonyl (C=O) groups is 1. The van der Waals surface area contributed by atoms with E-state index in [9.17, 15) is 9.90 Å². The third kappa shape index (κ3) is 8.35.